The molecule has 0 rings (SSSR count). The van der Waals surface area contributed by atoms with E-state index in [2.05, 4.69) is 50.4 Å². The van der Waals surface area contributed by atoms with Crippen molar-refractivity contribution in [3.63, 3.8) is 0 Å². The number of aliphatic hydroxyl groups excluding tert-OH is 2. The third-order valence-electron chi connectivity index (χ3n) is 12.5. The standard InChI is InChI=1S/C55H105NO5/c1-4-7-10-13-16-19-22-25-27-28-30-33-36-39-42-45-48-55(60)61-51(46-43-40-37-34-31-24-21-18-15-12-9-6-3)49-54(59)56-52(50-57)53(58)47-44-41-38-35-32-29-26-23-20-17-14-11-8-5-2/h27-28,34,37,51-53,57-58H,4-26,29-33,35-36,38-50H2,1-3H3,(H,56,59)/b28-27+,37-34-. The largest absolute Gasteiger partial charge is 0.462 e. The Labute approximate surface area is 380 Å². The van der Waals surface area contributed by atoms with Crippen molar-refractivity contribution in [3.05, 3.63) is 24.3 Å². The number of rotatable bonds is 49. The maximum absolute atomic E-state index is 13.2. The van der Waals surface area contributed by atoms with Crippen molar-refractivity contribution < 1.29 is 24.5 Å². The minimum atomic E-state index is -0.792. The lowest BCUT2D eigenvalue weighted by Crippen LogP contribution is -2.46. The van der Waals surface area contributed by atoms with Gasteiger partial charge in [-0.2, -0.15) is 0 Å². The smallest absolute Gasteiger partial charge is 0.306 e. The second-order valence-electron chi connectivity index (χ2n) is 18.6. The Kier molecular flexibility index (Phi) is 48.0. The second-order valence-corrected chi connectivity index (χ2v) is 18.6. The van der Waals surface area contributed by atoms with Crippen molar-refractivity contribution in [2.24, 2.45) is 0 Å². The van der Waals surface area contributed by atoms with E-state index in [1.54, 1.807) is 0 Å². The molecule has 3 atom stereocenters. The van der Waals surface area contributed by atoms with Crippen LogP contribution in [0.25, 0.3) is 0 Å². The summed E-state index contributed by atoms with van der Waals surface area (Å²) >= 11 is 0. The van der Waals surface area contributed by atoms with E-state index in [4.69, 9.17) is 4.74 Å². The molecule has 3 unspecified atom stereocenters. The molecule has 0 aromatic rings. The molecule has 0 saturated carbocycles. The molecule has 360 valence electrons. The number of aliphatic hydroxyl groups is 2. The molecule has 0 heterocycles. The molecular weight excluding hydrogens is 755 g/mol. The highest BCUT2D eigenvalue weighted by atomic mass is 16.5. The maximum atomic E-state index is 13.2. The minimum Gasteiger partial charge on any atom is -0.462 e. The van der Waals surface area contributed by atoms with Crippen LogP contribution in [0.4, 0.5) is 0 Å². The number of carbonyl (C=O) groups is 2. The number of nitrogens with one attached hydrogen (secondary N) is 1. The van der Waals surface area contributed by atoms with Crippen LogP contribution in [0.2, 0.25) is 0 Å². The van der Waals surface area contributed by atoms with Crippen LogP contribution in [-0.4, -0.2) is 46.9 Å². The highest BCUT2D eigenvalue weighted by Gasteiger charge is 2.24. The molecule has 6 heteroatoms. The van der Waals surface area contributed by atoms with Gasteiger partial charge in [0.05, 0.1) is 25.2 Å². The highest BCUT2D eigenvalue weighted by molar-refractivity contribution is 5.77. The van der Waals surface area contributed by atoms with Crippen molar-refractivity contribution >= 4 is 11.9 Å². The average molecular weight is 860 g/mol. The molecule has 0 aliphatic rings. The molecule has 0 aliphatic carbocycles. The van der Waals surface area contributed by atoms with Crippen molar-refractivity contribution in [3.8, 4) is 0 Å². The van der Waals surface area contributed by atoms with Crippen LogP contribution in [0.5, 0.6) is 0 Å². The predicted octanol–water partition coefficient (Wildman–Crippen LogP) is 16.3. The van der Waals surface area contributed by atoms with Gasteiger partial charge in [-0.3, -0.25) is 9.59 Å². The maximum Gasteiger partial charge on any atom is 0.306 e. The van der Waals surface area contributed by atoms with Crippen LogP contribution < -0.4 is 5.32 Å². The van der Waals surface area contributed by atoms with Gasteiger partial charge in [-0.1, -0.05) is 231 Å². The zero-order valence-corrected chi connectivity index (χ0v) is 41.1. The van der Waals surface area contributed by atoms with E-state index in [0.717, 1.165) is 64.2 Å². The number of unbranched alkanes of at least 4 members (excludes halogenated alkanes) is 33. The number of esters is 1. The lowest BCUT2D eigenvalue weighted by molar-refractivity contribution is -0.151. The number of allylic oxidation sites excluding steroid dienone is 4. The number of ether oxygens (including phenoxy) is 1. The van der Waals surface area contributed by atoms with Gasteiger partial charge in [-0.05, 0) is 70.6 Å². The molecule has 0 aromatic carbocycles. The van der Waals surface area contributed by atoms with Gasteiger partial charge < -0.3 is 20.3 Å². The molecule has 3 N–H and O–H groups in total. The van der Waals surface area contributed by atoms with E-state index in [0.29, 0.717) is 19.3 Å². The molecule has 0 aliphatic heterocycles. The molecule has 6 nitrogen and oxygen atoms in total. The van der Waals surface area contributed by atoms with E-state index in [-0.39, 0.29) is 24.9 Å². The molecule has 61 heavy (non-hydrogen) atoms. The quantitative estimate of drug-likeness (QED) is 0.0322. The van der Waals surface area contributed by atoms with Gasteiger partial charge in [0.2, 0.25) is 5.91 Å². The summed E-state index contributed by atoms with van der Waals surface area (Å²) in [6.45, 7) is 6.49. The molecule has 0 radical (unpaired) electrons. The fourth-order valence-electron chi connectivity index (χ4n) is 8.37. The summed E-state index contributed by atoms with van der Waals surface area (Å²) < 4.78 is 5.92. The van der Waals surface area contributed by atoms with Gasteiger partial charge in [0.1, 0.15) is 6.10 Å². The fraction of sp³-hybridized carbons (Fsp3) is 0.891. The number of amides is 1. The van der Waals surface area contributed by atoms with Gasteiger partial charge in [0, 0.05) is 6.42 Å². The van der Waals surface area contributed by atoms with E-state index < -0.39 is 18.2 Å². The van der Waals surface area contributed by atoms with E-state index >= 15 is 0 Å². The SMILES string of the molecule is CCCCCCCCC/C=C\CCCC(CC(=O)NC(CO)C(O)CCCCCCCCCCCCCCCC)OC(=O)CCCCCCC/C=C/CCCCCCCCC. The third kappa shape index (κ3) is 44.7. The number of carbonyl (C=O) groups excluding carboxylic acids is 2. The summed E-state index contributed by atoms with van der Waals surface area (Å²) in [5.41, 5.74) is 0. The first-order valence-electron chi connectivity index (χ1n) is 27.1. The summed E-state index contributed by atoms with van der Waals surface area (Å²) in [5.74, 6) is -0.500. The van der Waals surface area contributed by atoms with Crippen molar-refractivity contribution in [2.75, 3.05) is 6.61 Å². The molecule has 0 spiro atoms. The lowest BCUT2D eigenvalue weighted by atomic mass is 10.0. The zero-order chi connectivity index (χ0) is 44.5. The Morgan fingerprint density at radius 1 is 0.459 bits per heavy atom. The first-order chi connectivity index (χ1) is 30.0. The van der Waals surface area contributed by atoms with Gasteiger partial charge in [0.15, 0.2) is 0 Å². The molecule has 1 amide bonds. The van der Waals surface area contributed by atoms with Crippen LogP contribution in [0.1, 0.15) is 290 Å². The van der Waals surface area contributed by atoms with Crippen molar-refractivity contribution in [2.45, 2.75) is 309 Å². The van der Waals surface area contributed by atoms with Crippen molar-refractivity contribution in [1.82, 2.24) is 5.32 Å². The summed E-state index contributed by atoms with van der Waals surface area (Å²) in [7, 11) is 0. The molecular formula is C55H105NO5. The average Bonchev–Trinajstić information content (AvgIpc) is 3.25. The summed E-state index contributed by atoms with van der Waals surface area (Å²) in [4.78, 5) is 26.1. The Balaban J connectivity index is 4.54. The van der Waals surface area contributed by atoms with Crippen LogP contribution in [0.3, 0.4) is 0 Å². The van der Waals surface area contributed by atoms with Gasteiger partial charge in [-0.15, -0.1) is 0 Å². The monoisotopic (exact) mass is 860 g/mol. The Bertz CT molecular complexity index is 966. The highest BCUT2D eigenvalue weighted by Crippen LogP contribution is 2.17. The first kappa shape index (κ1) is 59.3. The van der Waals surface area contributed by atoms with E-state index in [9.17, 15) is 19.8 Å². The Hall–Kier alpha value is -1.66. The van der Waals surface area contributed by atoms with Crippen LogP contribution in [0, 0.1) is 0 Å². The normalized spacial score (nSPS) is 13.3. The minimum absolute atomic E-state index is 0.0576. The molecule has 0 fully saturated rings. The van der Waals surface area contributed by atoms with E-state index in [1.807, 2.05) is 0 Å². The van der Waals surface area contributed by atoms with Crippen molar-refractivity contribution in [1.29, 1.82) is 0 Å². The Morgan fingerprint density at radius 3 is 1.20 bits per heavy atom. The zero-order valence-electron chi connectivity index (χ0n) is 41.1. The Morgan fingerprint density at radius 2 is 0.803 bits per heavy atom. The van der Waals surface area contributed by atoms with Crippen LogP contribution in [-0.2, 0) is 14.3 Å². The number of hydrogen-bond donors (Lipinski definition) is 3. The topological polar surface area (TPSA) is 95.9 Å². The molecule has 0 aromatic heterocycles. The molecule has 0 bridgehead atoms. The van der Waals surface area contributed by atoms with Crippen LogP contribution in [0.15, 0.2) is 24.3 Å². The van der Waals surface area contributed by atoms with Gasteiger partial charge in [-0.25, -0.2) is 0 Å². The van der Waals surface area contributed by atoms with Gasteiger partial charge >= 0.3 is 5.97 Å². The van der Waals surface area contributed by atoms with Crippen LogP contribution >= 0.6 is 0 Å². The second kappa shape index (κ2) is 49.4. The fourth-order valence-corrected chi connectivity index (χ4v) is 8.37. The third-order valence-corrected chi connectivity index (χ3v) is 12.5. The molecule has 0 saturated heterocycles. The lowest BCUT2D eigenvalue weighted by Gasteiger charge is -2.24. The number of hydrogen-bond acceptors (Lipinski definition) is 5. The van der Waals surface area contributed by atoms with E-state index in [1.165, 1.54) is 180 Å². The predicted molar refractivity (Wildman–Crippen MR) is 264 cm³/mol. The summed E-state index contributed by atoms with van der Waals surface area (Å²) in [5, 5.41) is 23.8. The summed E-state index contributed by atoms with van der Waals surface area (Å²) in [6, 6.07) is -0.707. The van der Waals surface area contributed by atoms with Gasteiger partial charge in [0.25, 0.3) is 0 Å². The summed E-state index contributed by atoms with van der Waals surface area (Å²) in [6.07, 6.45) is 56.7. The first-order valence-corrected chi connectivity index (χ1v) is 27.1.